The van der Waals surface area contributed by atoms with Crippen LogP contribution in [0.2, 0.25) is 0 Å². The average molecular weight is 618 g/mol. The van der Waals surface area contributed by atoms with Crippen molar-refractivity contribution < 1.29 is 32.3 Å². The number of hydrogen-bond donors (Lipinski definition) is 4. The van der Waals surface area contributed by atoms with E-state index < -0.39 is 46.7 Å². The molecule has 2 amide bonds. The molecule has 0 spiro atoms. The molecule has 0 saturated carbocycles. The first-order chi connectivity index (χ1) is 19.9. The normalized spacial score (nSPS) is 22.5. The van der Waals surface area contributed by atoms with Gasteiger partial charge in [-0.05, 0) is 69.4 Å². The molecule has 2 heterocycles. The topological polar surface area (TPSA) is 154 Å². The number of Topliss-reactive ketones (excluding diaryl/α,β-unsaturated/α-hetero) is 1. The highest BCUT2D eigenvalue weighted by Gasteiger charge is 2.49. The first-order valence-corrected chi connectivity index (χ1v) is 14.7. The van der Waals surface area contributed by atoms with E-state index in [4.69, 9.17) is 21.9 Å². The zero-order chi connectivity index (χ0) is 31.6. The third kappa shape index (κ3) is 5.34. The van der Waals surface area contributed by atoms with Gasteiger partial charge < -0.3 is 32.2 Å². The molecule has 1 fully saturated rings. The van der Waals surface area contributed by atoms with Crippen molar-refractivity contribution in [2.75, 3.05) is 18.8 Å². The number of hydrogen-bond acceptors (Lipinski definition) is 8. The highest BCUT2D eigenvalue weighted by molar-refractivity contribution is 7.21. The Labute approximate surface area is 250 Å². The number of benzene rings is 2. The highest BCUT2D eigenvalue weighted by Crippen LogP contribution is 2.50. The molecular weight excluding hydrogens is 583 g/mol. The number of rotatable bonds is 3. The average Bonchev–Trinajstić information content (AvgIpc) is 3.32. The molecule has 1 aromatic heterocycles. The Hall–Kier alpha value is -3.68. The molecule has 43 heavy (non-hydrogen) atoms. The third-order valence-electron chi connectivity index (χ3n) is 7.93. The monoisotopic (exact) mass is 617 g/mol. The fourth-order valence-corrected chi connectivity index (χ4v) is 7.06. The van der Waals surface area contributed by atoms with Gasteiger partial charge in [-0.25, -0.2) is 4.79 Å². The number of carbonyl (C=O) groups is 3. The van der Waals surface area contributed by atoms with Gasteiger partial charge in [0.1, 0.15) is 11.1 Å². The Morgan fingerprint density at radius 3 is 2.51 bits per heavy atom. The van der Waals surface area contributed by atoms with E-state index in [-0.39, 0.29) is 39.7 Å². The first kappa shape index (κ1) is 30.8. The van der Waals surface area contributed by atoms with Crippen LogP contribution >= 0.6 is 11.3 Å². The summed E-state index contributed by atoms with van der Waals surface area (Å²) < 4.78 is 47.3. The molecule has 3 aromatic rings. The van der Waals surface area contributed by atoms with Crippen LogP contribution in [0.15, 0.2) is 30.3 Å². The van der Waals surface area contributed by atoms with Crippen molar-refractivity contribution in [1.29, 1.82) is 0 Å². The van der Waals surface area contributed by atoms with Crippen LogP contribution in [-0.4, -0.2) is 47.4 Å². The maximum Gasteiger partial charge on any atom is 0.416 e. The number of likely N-dealkylation sites (tertiary alicyclic amines) is 1. The Morgan fingerprint density at radius 2 is 1.86 bits per heavy atom. The summed E-state index contributed by atoms with van der Waals surface area (Å²) in [4.78, 5) is 41.9. The number of alkyl halides is 3. The lowest BCUT2D eigenvalue weighted by Gasteiger charge is -2.37. The quantitative estimate of drug-likeness (QED) is 0.310. The number of nitrogen functional groups attached to an aromatic ring is 1. The van der Waals surface area contributed by atoms with E-state index in [9.17, 15) is 27.6 Å². The lowest BCUT2D eigenvalue weighted by molar-refractivity contribution is -0.138. The molecule has 1 aliphatic carbocycles. The maximum atomic E-state index is 13.9. The number of nitrogens with one attached hydrogen (secondary N) is 1. The van der Waals surface area contributed by atoms with Gasteiger partial charge in [-0.15, -0.1) is 11.3 Å². The summed E-state index contributed by atoms with van der Waals surface area (Å²) in [6, 6.07) is 4.77. The minimum absolute atomic E-state index is 0.0158. The first-order valence-electron chi connectivity index (χ1n) is 13.8. The molecule has 0 radical (unpaired) electrons. The lowest BCUT2D eigenvalue weighted by Crippen LogP contribution is -2.53. The van der Waals surface area contributed by atoms with Crippen molar-refractivity contribution in [3.63, 3.8) is 0 Å². The molecule has 3 atom stereocenters. The zero-order valence-electron chi connectivity index (χ0n) is 24.2. The van der Waals surface area contributed by atoms with Crippen LogP contribution in [0.1, 0.15) is 77.1 Å². The number of piperidine rings is 1. The standard InChI is InChI=1S/C30H34F3N5O4S/c1-14-7-8-15(12-18(14)30(31,32)33)29(36)17-9-10-19(34)23-20(17)21(22(35)25(29)39)24(43-23)26(40)37-16-6-5-11-38(13-16)27(41)42-28(2,3)4/h7-10,12,16,22H,5-6,11,13,34-36H2,1-4H3,(H,37,40)/t16-,22-,29-/m1/s1. The van der Waals surface area contributed by atoms with E-state index in [1.165, 1.54) is 31.2 Å². The van der Waals surface area contributed by atoms with Crippen molar-refractivity contribution in [3.05, 3.63) is 63.0 Å². The number of ketones is 1. The van der Waals surface area contributed by atoms with E-state index in [1.54, 1.807) is 25.7 Å². The fraction of sp³-hybridized carbons (Fsp3) is 0.433. The predicted molar refractivity (Wildman–Crippen MR) is 158 cm³/mol. The summed E-state index contributed by atoms with van der Waals surface area (Å²) in [5, 5.41) is 3.34. The summed E-state index contributed by atoms with van der Waals surface area (Å²) in [7, 11) is 0. The molecule has 1 aliphatic heterocycles. The Morgan fingerprint density at radius 1 is 1.16 bits per heavy atom. The maximum absolute atomic E-state index is 13.9. The Kier molecular flexibility index (Phi) is 7.51. The molecule has 1 saturated heterocycles. The summed E-state index contributed by atoms with van der Waals surface area (Å²) in [5.74, 6) is -1.25. The van der Waals surface area contributed by atoms with Gasteiger partial charge in [0.05, 0.1) is 21.2 Å². The number of thiophene rings is 1. The van der Waals surface area contributed by atoms with Crippen molar-refractivity contribution >= 4 is 44.9 Å². The van der Waals surface area contributed by atoms with Crippen LogP contribution in [0.3, 0.4) is 0 Å². The number of nitrogens with zero attached hydrogens (tertiary/aromatic N) is 1. The number of amides is 2. The molecule has 5 rings (SSSR count). The second-order valence-corrected chi connectivity index (χ2v) is 13.2. The zero-order valence-corrected chi connectivity index (χ0v) is 25.0. The van der Waals surface area contributed by atoms with Crippen molar-refractivity contribution in [2.24, 2.45) is 11.5 Å². The van der Waals surface area contributed by atoms with Crippen molar-refractivity contribution in [1.82, 2.24) is 10.2 Å². The van der Waals surface area contributed by atoms with Crippen LogP contribution in [0.4, 0.5) is 23.7 Å². The number of carbonyl (C=O) groups excluding carboxylic acids is 3. The number of halogens is 3. The molecule has 2 aliphatic rings. The van der Waals surface area contributed by atoms with E-state index >= 15 is 0 Å². The van der Waals surface area contributed by atoms with E-state index in [0.29, 0.717) is 35.2 Å². The second-order valence-electron chi connectivity index (χ2n) is 12.2. The highest BCUT2D eigenvalue weighted by atomic mass is 32.1. The van der Waals surface area contributed by atoms with Crippen LogP contribution in [0.25, 0.3) is 10.1 Å². The van der Waals surface area contributed by atoms with Gasteiger partial charge >= 0.3 is 12.3 Å². The number of anilines is 1. The SMILES string of the molecule is Cc1ccc([C@]2(N)C(=O)[C@H](N)c3c(C(=O)N[C@@H]4CCCN(C(=O)OC(C)(C)C)C4)sc4c(N)ccc2c34)cc1C(F)(F)F. The van der Waals surface area contributed by atoms with E-state index in [1.807, 2.05) is 0 Å². The van der Waals surface area contributed by atoms with Crippen LogP contribution in [-0.2, 0) is 21.2 Å². The van der Waals surface area contributed by atoms with Crippen molar-refractivity contribution in [2.45, 2.75) is 69.9 Å². The van der Waals surface area contributed by atoms with E-state index in [2.05, 4.69) is 5.32 Å². The number of ether oxygens (including phenoxy) is 1. The molecule has 230 valence electrons. The molecule has 9 nitrogen and oxygen atoms in total. The summed E-state index contributed by atoms with van der Waals surface area (Å²) in [6.45, 7) is 7.37. The van der Waals surface area contributed by atoms with Gasteiger partial charge in [0.2, 0.25) is 0 Å². The van der Waals surface area contributed by atoms with Crippen LogP contribution < -0.4 is 22.5 Å². The largest absolute Gasteiger partial charge is 0.444 e. The third-order valence-corrected chi connectivity index (χ3v) is 9.18. The lowest BCUT2D eigenvalue weighted by atomic mass is 9.70. The molecular formula is C30H34F3N5O4S. The predicted octanol–water partition coefficient (Wildman–Crippen LogP) is 4.72. The van der Waals surface area contributed by atoms with Crippen LogP contribution in [0, 0.1) is 6.92 Å². The summed E-state index contributed by atoms with van der Waals surface area (Å²) >= 11 is 1.04. The minimum Gasteiger partial charge on any atom is -0.444 e. The molecule has 0 unspecified atom stereocenters. The van der Waals surface area contributed by atoms with Crippen molar-refractivity contribution in [3.8, 4) is 0 Å². The molecule has 7 N–H and O–H groups in total. The van der Waals surface area contributed by atoms with Gasteiger partial charge in [0, 0.05) is 35.8 Å². The van der Waals surface area contributed by atoms with E-state index in [0.717, 1.165) is 17.4 Å². The van der Waals surface area contributed by atoms with Gasteiger partial charge in [0.25, 0.3) is 5.91 Å². The molecule has 13 heteroatoms. The molecule has 2 aromatic carbocycles. The van der Waals surface area contributed by atoms with Gasteiger partial charge in [0.15, 0.2) is 5.78 Å². The van der Waals surface area contributed by atoms with Gasteiger partial charge in [-0.1, -0.05) is 18.2 Å². The summed E-state index contributed by atoms with van der Waals surface area (Å²) in [5.41, 5.74) is 16.6. The molecule has 0 bridgehead atoms. The Bertz CT molecular complexity index is 1650. The van der Waals surface area contributed by atoms with Gasteiger partial charge in [-0.2, -0.15) is 13.2 Å². The number of aryl methyl sites for hydroxylation is 1. The fourth-order valence-electron chi connectivity index (χ4n) is 5.86. The Balaban J connectivity index is 1.54. The minimum atomic E-state index is -4.66. The van der Waals surface area contributed by atoms with Gasteiger partial charge in [-0.3, -0.25) is 9.59 Å². The summed E-state index contributed by atoms with van der Waals surface area (Å²) in [6.07, 6.45) is -3.88. The smallest absolute Gasteiger partial charge is 0.416 e. The number of nitrogens with two attached hydrogens (primary N) is 3. The van der Waals surface area contributed by atoms with Crippen LogP contribution in [0.5, 0.6) is 0 Å². The second kappa shape index (κ2) is 10.5.